The van der Waals surface area contributed by atoms with E-state index >= 15 is 4.39 Å². The Bertz CT molecular complexity index is 1480. The van der Waals surface area contributed by atoms with Crippen LogP contribution in [0.2, 0.25) is 0 Å². The van der Waals surface area contributed by atoms with Gasteiger partial charge in [-0.05, 0) is 45.2 Å². The number of hydrogen-bond acceptors (Lipinski definition) is 10. The number of allylic oxidation sites excluding steroid dienone is 1. The molecule has 0 radical (unpaired) electrons. The Morgan fingerprint density at radius 3 is 2.41 bits per heavy atom. The Kier molecular flexibility index (Phi) is 6.75. The van der Waals surface area contributed by atoms with Gasteiger partial charge >= 0.3 is 0 Å². The van der Waals surface area contributed by atoms with E-state index in [0.29, 0.717) is 6.42 Å². The number of amides is 2. The number of phenols is 1. The summed E-state index contributed by atoms with van der Waals surface area (Å²) in [5.41, 5.74) is 0.299. The molecule has 0 bridgehead atoms. The summed E-state index contributed by atoms with van der Waals surface area (Å²) in [6.45, 7) is 3.74. The molecule has 12 nitrogen and oxygen atoms in total. The fourth-order valence-electron chi connectivity index (χ4n) is 6.89. The molecule has 13 heteroatoms. The minimum absolute atomic E-state index is 0.0247. The van der Waals surface area contributed by atoms with Crippen molar-refractivity contribution in [2.24, 2.45) is 23.5 Å². The number of halogens is 1. The highest BCUT2D eigenvalue weighted by molar-refractivity contribution is 6.25. The molecule has 0 unspecified atom stereocenters. The van der Waals surface area contributed by atoms with Gasteiger partial charge in [-0.15, -0.1) is 0 Å². The molecule has 0 saturated carbocycles. The van der Waals surface area contributed by atoms with Crippen LogP contribution >= 0.6 is 0 Å². The van der Waals surface area contributed by atoms with Gasteiger partial charge in [0.2, 0.25) is 11.7 Å². The van der Waals surface area contributed by atoms with Gasteiger partial charge < -0.3 is 36.8 Å². The van der Waals surface area contributed by atoms with Gasteiger partial charge in [0.25, 0.3) is 5.91 Å². The van der Waals surface area contributed by atoms with Gasteiger partial charge in [0, 0.05) is 29.2 Å². The van der Waals surface area contributed by atoms with Crippen molar-refractivity contribution in [2.45, 2.75) is 57.3 Å². The fraction of sp³-hybridized carbons (Fsp3) is 0.500. The Labute approximate surface area is 234 Å². The number of aliphatic hydroxyl groups excluding tert-OH is 2. The monoisotopic (exact) mass is 572 g/mol. The zero-order chi connectivity index (χ0) is 30.3. The number of hydrogen-bond donors (Lipinski definition) is 7. The van der Waals surface area contributed by atoms with Crippen molar-refractivity contribution in [2.75, 3.05) is 19.4 Å². The number of ketones is 2. The molecule has 1 aromatic carbocycles. The Balaban J connectivity index is 1.67. The number of aromatic hydroxyl groups is 1. The molecule has 0 aromatic heterocycles. The topological polar surface area (TPSA) is 203 Å². The number of nitrogens with two attached hydrogens (primary N) is 1. The summed E-state index contributed by atoms with van der Waals surface area (Å²) < 4.78 is 16.1. The van der Waals surface area contributed by atoms with Crippen molar-refractivity contribution in [3.63, 3.8) is 0 Å². The second-order valence-electron chi connectivity index (χ2n) is 11.9. The molecule has 5 atom stereocenters. The van der Waals surface area contributed by atoms with Gasteiger partial charge in [0.1, 0.15) is 22.9 Å². The number of nitrogens with zero attached hydrogens (tertiary/aromatic N) is 1. The molecule has 2 amide bonds. The minimum atomic E-state index is -2.80. The van der Waals surface area contributed by atoms with Crippen LogP contribution in [0.3, 0.4) is 0 Å². The number of aliphatic hydroxyl groups is 3. The van der Waals surface area contributed by atoms with E-state index in [2.05, 4.69) is 10.6 Å². The average Bonchev–Trinajstić information content (AvgIpc) is 3.03. The lowest BCUT2D eigenvalue weighted by atomic mass is 9.58. The molecule has 1 aliphatic heterocycles. The summed E-state index contributed by atoms with van der Waals surface area (Å²) in [6.07, 6.45) is 0.0952. The molecular formula is C28H33FN4O8. The van der Waals surface area contributed by atoms with Crippen LogP contribution in [0.25, 0.3) is 0 Å². The molecular weight excluding hydrogens is 539 g/mol. The zero-order valence-electron chi connectivity index (χ0n) is 23.0. The van der Waals surface area contributed by atoms with E-state index in [1.165, 1.54) is 19.0 Å². The van der Waals surface area contributed by atoms with Crippen LogP contribution in [0.4, 0.5) is 10.1 Å². The summed E-state index contributed by atoms with van der Waals surface area (Å²) in [5, 5.41) is 50.6. The van der Waals surface area contributed by atoms with Crippen LogP contribution in [-0.2, 0) is 27.3 Å². The lowest BCUT2D eigenvalue weighted by Crippen LogP contribution is -2.63. The smallest absolute Gasteiger partial charge is 0.255 e. The van der Waals surface area contributed by atoms with Gasteiger partial charge in [-0.3, -0.25) is 24.1 Å². The van der Waals surface area contributed by atoms with E-state index in [4.69, 9.17) is 5.73 Å². The number of likely N-dealkylation sites (N-methyl/N-ethyl adjacent to an activating group) is 1. The fourth-order valence-corrected chi connectivity index (χ4v) is 6.89. The van der Waals surface area contributed by atoms with E-state index in [0.717, 1.165) is 0 Å². The van der Waals surface area contributed by atoms with Crippen LogP contribution in [0.15, 0.2) is 22.7 Å². The maximum atomic E-state index is 16.1. The van der Waals surface area contributed by atoms with Crippen LogP contribution in [0.1, 0.15) is 48.2 Å². The van der Waals surface area contributed by atoms with E-state index in [1.807, 2.05) is 13.8 Å². The van der Waals surface area contributed by atoms with E-state index in [9.17, 15) is 39.6 Å². The first-order valence-electron chi connectivity index (χ1n) is 13.4. The molecule has 0 saturated heterocycles. The zero-order valence-corrected chi connectivity index (χ0v) is 23.0. The minimum Gasteiger partial charge on any atom is -0.510 e. The third kappa shape index (κ3) is 3.97. The Morgan fingerprint density at radius 2 is 1.83 bits per heavy atom. The lowest BCUT2D eigenvalue weighted by Gasteiger charge is -2.50. The Hall–Kier alpha value is -3.81. The number of rotatable bonds is 4. The van der Waals surface area contributed by atoms with Crippen molar-refractivity contribution in [3.8, 4) is 5.75 Å². The number of carbonyl (C=O) groups is 4. The van der Waals surface area contributed by atoms with Crippen LogP contribution < -0.4 is 16.4 Å². The van der Waals surface area contributed by atoms with Crippen molar-refractivity contribution >= 4 is 29.1 Å². The predicted molar refractivity (Wildman–Crippen MR) is 142 cm³/mol. The number of primary amides is 1. The van der Waals surface area contributed by atoms with Crippen molar-refractivity contribution in [1.82, 2.24) is 10.2 Å². The molecule has 0 spiro atoms. The highest BCUT2D eigenvalue weighted by Crippen LogP contribution is 2.53. The van der Waals surface area contributed by atoms with Gasteiger partial charge in [-0.2, -0.15) is 0 Å². The van der Waals surface area contributed by atoms with Gasteiger partial charge in [-0.1, -0.05) is 13.8 Å². The molecule has 4 aliphatic rings. The maximum Gasteiger partial charge on any atom is 0.255 e. The lowest BCUT2D eigenvalue weighted by molar-refractivity contribution is -0.148. The number of Topliss-reactive ketones (excluding diaryl/α,β-unsaturated/α-hetero) is 2. The van der Waals surface area contributed by atoms with E-state index in [1.54, 1.807) is 0 Å². The highest BCUT2D eigenvalue weighted by Gasteiger charge is 2.63. The predicted octanol–water partition coefficient (Wildman–Crippen LogP) is 0.716. The Morgan fingerprint density at radius 1 is 1.17 bits per heavy atom. The van der Waals surface area contributed by atoms with Crippen LogP contribution in [0, 0.1) is 23.6 Å². The normalized spacial score (nSPS) is 29.6. The summed E-state index contributed by atoms with van der Waals surface area (Å²) in [7, 11) is 3.04. The highest BCUT2D eigenvalue weighted by atomic mass is 19.1. The largest absolute Gasteiger partial charge is 0.510 e. The molecule has 1 heterocycles. The quantitative estimate of drug-likeness (QED) is 0.199. The number of anilines is 1. The third-order valence-corrected chi connectivity index (χ3v) is 8.72. The summed E-state index contributed by atoms with van der Waals surface area (Å²) in [6, 6.07) is -1.82. The summed E-state index contributed by atoms with van der Waals surface area (Å²) in [5.74, 6) is -9.45. The number of carbonyl (C=O) groups excluding carboxylic acids is 4. The molecule has 5 rings (SSSR count). The standard InChI is InChI=1S/C28H33FN4O8/c1-9(2)5-14-27(40)32-19-12(8-31-14)18(29)11-6-10-7-13-20(33(3)4)23(36)17(26(30)39)25(38)28(13,41)24(37)15(10)21(34)16(11)22(19)35/h9-10,13-14,20,31,35-37,41H,5-8H2,1-4H3,(H2,30,39)(H,32,40)/t10-,13-,14-,20-,28-/m0/s1. The molecule has 41 heavy (non-hydrogen) atoms. The van der Waals surface area contributed by atoms with Crippen LogP contribution in [-0.4, -0.2) is 80.5 Å². The number of benzene rings is 1. The van der Waals surface area contributed by atoms with E-state index < -0.39 is 92.7 Å². The van der Waals surface area contributed by atoms with Crippen molar-refractivity contribution in [3.05, 3.63) is 45.2 Å². The number of fused-ring (bicyclic) bond motifs is 4. The molecule has 0 fully saturated rings. The van der Waals surface area contributed by atoms with E-state index in [-0.39, 0.29) is 42.1 Å². The molecule has 220 valence electrons. The maximum absolute atomic E-state index is 16.1. The first-order chi connectivity index (χ1) is 19.1. The second kappa shape index (κ2) is 9.64. The van der Waals surface area contributed by atoms with Crippen molar-refractivity contribution < 1.29 is 44.0 Å². The molecule has 8 N–H and O–H groups in total. The van der Waals surface area contributed by atoms with Crippen LogP contribution in [0.5, 0.6) is 5.75 Å². The summed E-state index contributed by atoms with van der Waals surface area (Å²) in [4.78, 5) is 53.6. The first-order valence-corrected chi connectivity index (χ1v) is 13.4. The van der Waals surface area contributed by atoms with Gasteiger partial charge in [0.15, 0.2) is 17.1 Å². The summed E-state index contributed by atoms with van der Waals surface area (Å²) >= 11 is 0. The molecule has 1 aromatic rings. The van der Waals surface area contributed by atoms with Crippen molar-refractivity contribution in [1.29, 1.82) is 0 Å². The average molecular weight is 573 g/mol. The first kappa shape index (κ1) is 28.7. The van der Waals surface area contributed by atoms with Gasteiger partial charge in [-0.25, -0.2) is 4.39 Å². The van der Waals surface area contributed by atoms with Gasteiger partial charge in [0.05, 0.1) is 23.3 Å². The second-order valence-corrected chi connectivity index (χ2v) is 11.9. The SMILES string of the molecule is CC(C)C[C@@H]1NCc2c(F)c3c(c(O)c2NC1=O)C(=O)C1=C(O)[C@]2(O)C(=O)C(C(N)=O)=C(O)[C@@H](N(C)C)[C@@H]2C[C@@H]1C3. The number of phenolic OH excluding ortho intramolecular Hbond substituents is 1. The molecule has 3 aliphatic carbocycles. The number of nitrogens with one attached hydrogen (secondary N) is 2. The third-order valence-electron chi connectivity index (χ3n) is 8.72.